The summed E-state index contributed by atoms with van der Waals surface area (Å²) in [5, 5.41) is 12.4. The van der Waals surface area contributed by atoms with E-state index in [0.717, 1.165) is 12.8 Å². The maximum atomic E-state index is 11.5. The lowest BCUT2D eigenvalue weighted by Crippen LogP contribution is -2.33. The molecule has 1 saturated carbocycles. The maximum Gasteiger partial charge on any atom is 0.271 e. The number of hydrogen-bond donors (Lipinski definition) is 2. The molecule has 1 amide bonds. The van der Waals surface area contributed by atoms with Crippen LogP contribution >= 0.6 is 11.6 Å². The molecule has 1 heterocycles. The lowest BCUT2D eigenvalue weighted by Gasteiger charge is -2.09. The molecule has 6 heteroatoms. The van der Waals surface area contributed by atoms with Crippen molar-refractivity contribution in [2.75, 3.05) is 6.54 Å². The maximum absolute atomic E-state index is 11.5. The van der Waals surface area contributed by atoms with Gasteiger partial charge < -0.3 is 10.4 Å². The van der Waals surface area contributed by atoms with Gasteiger partial charge >= 0.3 is 0 Å². The molecule has 5 nitrogen and oxygen atoms in total. The first-order valence-corrected chi connectivity index (χ1v) is 5.48. The highest BCUT2D eigenvalue weighted by Crippen LogP contribution is 2.32. The van der Waals surface area contributed by atoms with Gasteiger partial charge in [0, 0.05) is 6.54 Å². The minimum Gasteiger partial charge on any atom is -0.391 e. The van der Waals surface area contributed by atoms with Crippen LogP contribution in [0.3, 0.4) is 0 Å². The third-order valence-corrected chi connectivity index (χ3v) is 2.69. The van der Waals surface area contributed by atoms with E-state index in [9.17, 15) is 9.90 Å². The van der Waals surface area contributed by atoms with Gasteiger partial charge in [-0.3, -0.25) is 4.79 Å². The molecule has 1 unspecified atom stereocenters. The van der Waals surface area contributed by atoms with Gasteiger partial charge in [-0.15, -0.1) is 0 Å². The molecule has 1 fully saturated rings. The van der Waals surface area contributed by atoms with E-state index in [1.54, 1.807) is 0 Å². The van der Waals surface area contributed by atoms with Gasteiger partial charge in [0.05, 0.1) is 18.5 Å². The lowest BCUT2D eigenvalue weighted by atomic mass is 10.2. The van der Waals surface area contributed by atoms with Crippen LogP contribution in [-0.2, 0) is 0 Å². The molecule has 0 radical (unpaired) electrons. The number of aromatic nitrogens is 2. The van der Waals surface area contributed by atoms with Gasteiger partial charge in [-0.05, 0) is 18.8 Å². The second-order valence-corrected chi connectivity index (χ2v) is 4.23. The Labute approximate surface area is 97.9 Å². The minimum atomic E-state index is -0.454. The van der Waals surface area contributed by atoms with Crippen molar-refractivity contribution in [3.63, 3.8) is 0 Å². The van der Waals surface area contributed by atoms with Crippen molar-refractivity contribution in [1.29, 1.82) is 0 Å². The van der Waals surface area contributed by atoms with Crippen LogP contribution in [0.15, 0.2) is 12.4 Å². The smallest absolute Gasteiger partial charge is 0.271 e. The summed E-state index contributed by atoms with van der Waals surface area (Å²) in [4.78, 5) is 19.1. The van der Waals surface area contributed by atoms with Crippen LogP contribution in [0.4, 0.5) is 0 Å². The van der Waals surface area contributed by atoms with Gasteiger partial charge in [-0.1, -0.05) is 11.6 Å². The standard InChI is InChI=1S/C10H12ClN3O2/c11-9-5-12-7(3-13-9)10(16)14-4-8(15)6-1-2-6/h3,5-6,8,15H,1-2,4H2,(H,14,16). The van der Waals surface area contributed by atoms with E-state index in [4.69, 9.17) is 11.6 Å². The summed E-state index contributed by atoms with van der Waals surface area (Å²) in [6, 6.07) is 0. The van der Waals surface area contributed by atoms with Crippen LogP contribution in [0, 0.1) is 5.92 Å². The molecule has 1 atom stereocenters. The first kappa shape index (κ1) is 11.3. The van der Waals surface area contributed by atoms with Gasteiger partial charge in [0.1, 0.15) is 10.8 Å². The average Bonchev–Trinajstić information content (AvgIpc) is 3.10. The molecule has 0 aromatic carbocycles. The highest BCUT2D eigenvalue weighted by molar-refractivity contribution is 6.29. The Bertz CT molecular complexity index is 378. The predicted octanol–water partition coefficient (Wildman–Crippen LogP) is 0.631. The Hall–Kier alpha value is -1.20. The van der Waals surface area contributed by atoms with E-state index >= 15 is 0 Å². The number of rotatable bonds is 4. The van der Waals surface area contributed by atoms with E-state index in [1.807, 2.05) is 0 Å². The van der Waals surface area contributed by atoms with Crippen LogP contribution < -0.4 is 5.32 Å². The van der Waals surface area contributed by atoms with Crippen LogP contribution in [0.2, 0.25) is 5.15 Å². The van der Waals surface area contributed by atoms with Crippen molar-refractivity contribution in [1.82, 2.24) is 15.3 Å². The summed E-state index contributed by atoms with van der Waals surface area (Å²) < 4.78 is 0. The topological polar surface area (TPSA) is 75.1 Å². The van der Waals surface area contributed by atoms with Gasteiger partial charge in [0.25, 0.3) is 5.91 Å². The molecule has 2 rings (SSSR count). The normalized spacial score (nSPS) is 16.9. The molecular weight excluding hydrogens is 230 g/mol. The Morgan fingerprint density at radius 3 is 2.88 bits per heavy atom. The van der Waals surface area contributed by atoms with Crippen LogP contribution in [-0.4, -0.2) is 33.6 Å². The third kappa shape index (κ3) is 2.90. The quantitative estimate of drug-likeness (QED) is 0.811. The number of nitrogens with one attached hydrogen (secondary N) is 1. The van der Waals surface area contributed by atoms with Crippen LogP contribution in [0.25, 0.3) is 0 Å². The summed E-state index contributed by atoms with van der Waals surface area (Å²) in [6.45, 7) is 0.258. The third-order valence-electron chi connectivity index (χ3n) is 2.49. The predicted molar refractivity (Wildman–Crippen MR) is 58.1 cm³/mol. The lowest BCUT2D eigenvalue weighted by molar-refractivity contribution is 0.0896. The summed E-state index contributed by atoms with van der Waals surface area (Å²) in [6.07, 6.45) is 4.24. The van der Waals surface area contributed by atoms with E-state index in [-0.39, 0.29) is 23.3 Å². The molecule has 86 valence electrons. The van der Waals surface area contributed by atoms with Crippen molar-refractivity contribution in [3.8, 4) is 0 Å². The molecule has 1 aromatic heterocycles. The van der Waals surface area contributed by atoms with Gasteiger partial charge in [-0.25, -0.2) is 9.97 Å². The van der Waals surface area contributed by atoms with E-state index in [0.29, 0.717) is 5.92 Å². The Morgan fingerprint density at radius 1 is 1.56 bits per heavy atom. The summed E-state index contributed by atoms with van der Waals surface area (Å²) >= 11 is 5.55. The molecule has 1 aliphatic carbocycles. The molecule has 1 aliphatic rings. The second kappa shape index (κ2) is 4.76. The molecule has 0 spiro atoms. The zero-order valence-electron chi connectivity index (χ0n) is 8.56. The average molecular weight is 242 g/mol. The first-order chi connectivity index (χ1) is 7.66. The Kier molecular flexibility index (Phi) is 3.36. The zero-order valence-corrected chi connectivity index (χ0v) is 9.31. The molecule has 16 heavy (non-hydrogen) atoms. The van der Waals surface area contributed by atoms with Gasteiger partial charge in [-0.2, -0.15) is 0 Å². The second-order valence-electron chi connectivity index (χ2n) is 3.84. The van der Waals surface area contributed by atoms with Crippen LogP contribution in [0.1, 0.15) is 23.3 Å². The molecule has 2 N–H and O–H groups in total. The molecule has 0 bridgehead atoms. The number of nitrogens with zero attached hydrogens (tertiary/aromatic N) is 2. The number of amides is 1. The molecule has 0 aliphatic heterocycles. The van der Waals surface area contributed by atoms with Crippen molar-refractivity contribution in [2.24, 2.45) is 5.92 Å². The fraction of sp³-hybridized carbons (Fsp3) is 0.500. The zero-order chi connectivity index (χ0) is 11.5. The van der Waals surface area contributed by atoms with Gasteiger partial charge in [0.15, 0.2) is 0 Å². The fourth-order valence-electron chi connectivity index (χ4n) is 1.37. The number of carbonyl (C=O) groups excluding carboxylic acids is 1. The van der Waals surface area contributed by atoms with Gasteiger partial charge in [0.2, 0.25) is 0 Å². The summed E-state index contributed by atoms with van der Waals surface area (Å²) in [5.74, 6) is 0.000434. The summed E-state index contributed by atoms with van der Waals surface area (Å²) in [7, 11) is 0. The fourth-order valence-corrected chi connectivity index (χ4v) is 1.46. The largest absolute Gasteiger partial charge is 0.391 e. The van der Waals surface area contributed by atoms with Crippen molar-refractivity contribution >= 4 is 17.5 Å². The van der Waals surface area contributed by atoms with E-state index in [2.05, 4.69) is 15.3 Å². The number of aliphatic hydroxyl groups excluding tert-OH is 1. The highest BCUT2D eigenvalue weighted by Gasteiger charge is 2.29. The minimum absolute atomic E-state index is 0.201. The van der Waals surface area contributed by atoms with E-state index < -0.39 is 6.10 Å². The summed E-state index contributed by atoms with van der Waals surface area (Å²) in [5.41, 5.74) is 0.201. The highest BCUT2D eigenvalue weighted by atomic mass is 35.5. The number of carbonyl (C=O) groups is 1. The first-order valence-electron chi connectivity index (χ1n) is 5.10. The SMILES string of the molecule is O=C(NCC(O)C1CC1)c1cnc(Cl)cn1. The molecule has 1 aromatic rings. The Morgan fingerprint density at radius 2 is 2.31 bits per heavy atom. The number of aliphatic hydroxyl groups is 1. The van der Waals surface area contributed by atoms with E-state index in [1.165, 1.54) is 12.4 Å². The van der Waals surface area contributed by atoms with Crippen LogP contribution in [0.5, 0.6) is 0 Å². The molecule has 0 saturated heterocycles. The van der Waals surface area contributed by atoms with Crippen molar-refractivity contribution in [3.05, 3.63) is 23.2 Å². The monoisotopic (exact) mass is 241 g/mol. The number of hydrogen-bond acceptors (Lipinski definition) is 4. The Balaban J connectivity index is 1.85. The van der Waals surface area contributed by atoms with Crippen molar-refractivity contribution in [2.45, 2.75) is 18.9 Å². The van der Waals surface area contributed by atoms with Crippen molar-refractivity contribution < 1.29 is 9.90 Å². The molecular formula is C10H12ClN3O2. The number of halogens is 1.